The van der Waals surface area contributed by atoms with Crippen molar-refractivity contribution in [3.05, 3.63) is 30.1 Å². The van der Waals surface area contributed by atoms with Crippen LogP contribution in [0.15, 0.2) is 18.5 Å². The Morgan fingerprint density at radius 1 is 1.62 bits per heavy atom. The Hall–Kier alpha value is -0.266. The Morgan fingerprint density at radius 2 is 2.38 bits per heavy atom. The molecule has 0 spiro atoms. The van der Waals surface area contributed by atoms with Gasteiger partial charge in [0.2, 0.25) is 0 Å². The fourth-order valence-corrected chi connectivity index (χ4v) is 0.385. The molecule has 0 saturated carbocycles. The van der Waals surface area contributed by atoms with Crippen molar-refractivity contribution in [2.75, 3.05) is 0 Å². The predicted molar refractivity (Wildman–Crippen MR) is 27.8 cm³/mol. The number of aryl methyl sites for hydroxylation is 1. The normalized spacial score (nSPS) is 7.62. The molecule has 1 heterocycles. The van der Waals surface area contributed by atoms with Crippen LogP contribution in [0, 0.1) is 13.0 Å². The maximum absolute atomic E-state index is 3.79. The van der Waals surface area contributed by atoms with Crippen LogP contribution in [0.4, 0.5) is 0 Å². The van der Waals surface area contributed by atoms with Crippen LogP contribution in [-0.2, 0) is 18.6 Å². The Bertz CT molecular complexity index is 138. The van der Waals surface area contributed by atoms with Crippen molar-refractivity contribution in [2.24, 2.45) is 0 Å². The van der Waals surface area contributed by atoms with E-state index in [4.69, 9.17) is 0 Å². The molecule has 0 N–H and O–H groups in total. The van der Waals surface area contributed by atoms with E-state index in [1.165, 1.54) is 0 Å². The van der Waals surface area contributed by atoms with E-state index in [9.17, 15) is 0 Å². The summed E-state index contributed by atoms with van der Waals surface area (Å²) < 4.78 is 0. The summed E-state index contributed by atoms with van der Waals surface area (Å²) in [5.74, 6) is 0. The second kappa shape index (κ2) is 3.70. The van der Waals surface area contributed by atoms with E-state index in [-0.39, 0.29) is 18.6 Å². The minimum absolute atomic E-state index is 0. The molecule has 0 amide bonds. The largest absolute Gasteiger partial charge is 2.00 e. The third kappa shape index (κ3) is 2.15. The summed E-state index contributed by atoms with van der Waals surface area (Å²) in [6.07, 6.45) is 3.42. The maximum Gasteiger partial charge on any atom is 2.00 e. The molecule has 0 fully saturated rings. The number of aromatic nitrogens is 1. The molecular formula is C6H6NV+. The maximum atomic E-state index is 3.79. The molecule has 1 rings (SSSR count). The van der Waals surface area contributed by atoms with Gasteiger partial charge >= 0.3 is 18.6 Å². The second-order valence-electron chi connectivity index (χ2n) is 1.42. The predicted octanol–water partition coefficient (Wildman–Crippen LogP) is 1.19. The minimum Gasteiger partial charge on any atom is -0.304 e. The van der Waals surface area contributed by atoms with Gasteiger partial charge in [-0.1, -0.05) is 19.3 Å². The molecule has 0 atom stereocenters. The monoisotopic (exact) mass is 143 g/mol. The molecule has 1 aromatic rings. The Morgan fingerprint density at radius 3 is 2.62 bits per heavy atom. The van der Waals surface area contributed by atoms with Gasteiger partial charge in [-0.2, -0.15) is 6.07 Å². The van der Waals surface area contributed by atoms with Crippen molar-refractivity contribution in [3.8, 4) is 0 Å². The summed E-state index contributed by atoms with van der Waals surface area (Å²) in [5.41, 5.74) is 1.13. The average molecular weight is 143 g/mol. The van der Waals surface area contributed by atoms with Gasteiger partial charge in [-0.3, -0.25) is 0 Å². The molecule has 0 aliphatic carbocycles. The molecule has 0 bridgehead atoms. The Kier molecular flexibility index (Phi) is 3.58. The van der Waals surface area contributed by atoms with Crippen LogP contribution in [0.2, 0.25) is 0 Å². The summed E-state index contributed by atoms with van der Waals surface area (Å²) in [6.45, 7) is 1.99. The molecule has 2 heteroatoms. The summed E-state index contributed by atoms with van der Waals surface area (Å²) >= 11 is 0. The summed E-state index contributed by atoms with van der Waals surface area (Å²) in [6, 6.07) is 4.84. The molecule has 0 aliphatic rings. The van der Waals surface area contributed by atoms with E-state index in [0.717, 1.165) is 5.56 Å². The molecule has 0 aromatic carbocycles. The number of pyridine rings is 1. The van der Waals surface area contributed by atoms with E-state index >= 15 is 0 Å². The summed E-state index contributed by atoms with van der Waals surface area (Å²) in [4.78, 5) is 3.79. The van der Waals surface area contributed by atoms with Crippen molar-refractivity contribution in [1.29, 1.82) is 0 Å². The van der Waals surface area contributed by atoms with Gasteiger partial charge in [0.25, 0.3) is 0 Å². The third-order valence-corrected chi connectivity index (χ3v) is 0.777. The first-order valence-corrected chi connectivity index (χ1v) is 2.18. The zero-order chi connectivity index (χ0) is 5.11. The van der Waals surface area contributed by atoms with Crippen molar-refractivity contribution in [3.63, 3.8) is 0 Å². The average Bonchev–Trinajstić information content (AvgIpc) is 1.69. The first kappa shape index (κ1) is 7.73. The van der Waals surface area contributed by atoms with Crippen LogP contribution in [-0.4, -0.2) is 4.98 Å². The van der Waals surface area contributed by atoms with Crippen LogP contribution >= 0.6 is 0 Å². The summed E-state index contributed by atoms with van der Waals surface area (Å²) in [7, 11) is 0. The molecule has 0 aliphatic heterocycles. The molecule has 8 heavy (non-hydrogen) atoms. The number of rotatable bonds is 0. The first-order chi connectivity index (χ1) is 3.39. The quantitative estimate of drug-likeness (QED) is 0.497. The van der Waals surface area contributed by atoms with Crippen LogP contribution in [0.5, 0.6) is 0 Å². The third-order valence-electron chi connectivity index (χ3n) is 0.777. The minimum atomic E-state index is 0. The van der Waals surface area contributed by atoms with Gasteiger partial charge in [-0.05, 0) is 0 Å². The topological polar surface area (TPSA) is 12.9 Å². The van der Waals surface area contributed by atoms with Gasteiger partial charge in [-0.15, -0.1) is 0 Å². The van der Waals surface area contributed by atoms with Gasteiger partial charge in [0, 0.05) is 0 Å². The van der Waals surface area contributed by atoms with Gasteiger partial charge in [0.15, 0.2) is 0 Å². The first-order valence-electron chi connectivity index (χ1n) is 2.18. The zero-order valence-electron chi connectivity index (χ0n) is 4.63. The Labute approximate surface area is 61.0 Å². The Balaban J connectivity index is 0.000000490. The fourth-order valence-electron chi connectivity index (χ4n) is 0.385. The fraction of sp³-hybridized carbons (Fsp3) is 0.167. The molecule has 39 valence electrons. The van der Waals surface area contributed by atoms with Crippen molar-refractivity contribution >= 4 is 0 Å². The van der Waals surface area contributed by atoms with Crippen LogP contribution in [0.25, 0.3) is 0 Å². The van der Waals surface area contributed by atoms with E-state index in [0.29, 0.717) is 0 Å². The van der Waals surface area contributed by atoms with E-state index in [1.807, 2.05) is 13.0 Å². The van der Waals surface area contributed by atoms with Crippen LogP contribution in [0.3, 0.4) is 0 Å². The van der Waals surface area contributed by atoms with Gasteiger partial charge in [0.05, 0.1) is 0 Å². The number of hydrogen-bond donors (Lipinski definition) is 0. The van der Waals surface area contributed by atoms with Crippen LogP contribution in [0.1, 0.15) is 5.56 Å². The van der Waals surface area contributed by atoms with Crippen molar-refractivity contribution < 1.29 is 18.6 Å². The van der Waals surface area contributed by atoms with Crippen molar-refractivity contribution in [2.45, 2.75) is 6.92 Å². The van der Waals surface area contributed by atoms with Gasteiger partial charge in [0.1, 0.15) is 0 Å². The molecule has 0 saturated heterocycles. The van der Waals surface area contributed by atoms with E-state index in [1.54, 1.807) is 12.4 Å². The molecule has 1 nitrogen and oxygen atoms in total. The molecule has 1 aromatic heterocycles. The zero-order valence-corrected chi connectivity index (χ0v) is 6.02. The second-order valence-corrected chi connectivity index (χ2v) is 1.42. The summed E-state index contributed by atoms with van der Waals surface area (Å²) in [5, 5.41) is 0. The van der Waals surface area contributed by atoms with E-state index < -0.39 is 0 Å². The van der Waals surface area contributed by atoms with E-state index in [2.05, 4.69) is 11.1 Å². The molecule has 0 unspecified atom stereocenters. The molecule has 1 radical (unpaired) electrons. The smallest absolute Gasteiger partial charge is 0.304 e. The number of nitrogens with zero attached hydrogens (tertiary/aromatic N) is 1. The standard InChI is InChI=1S/C6H6N.V/c1-6-2-4-7-5-3-6;/h2,4-5H,1H3;/q-1;+2. The molecular weight excluding hydrogens is 137 g/mol. The van der Waals surface area contributed by atoms with Crippen LogP contribution < -0.4 is 0 Å². The van der Waals surface area contributed by atoms with Crippen molar-refractivity contribution in [1.82, 2.24) is 4.98 Å². The van der Waals surface area contributed by atoms with Gasteiger partial charge in [-0.25, -0.2) is 11.6 Å². The van der Waals surface area contributed by atoms with Gasteiger partial charge < -0.3 is 4.98 Å². The number of hydrogen-bond acceptors (Lipinski definition) is 1. The SMILES string of the molecule is Cc1[c-]cncc1.[V+2].